The molecule has 0 atom stereocenters. The third-order valence-electron chi connectivity index (χ3n) is 3.62. The van der Waals surface area contributed by atoms with Crippen LogP contribution in [0.25, 0.3) is 10.9 Å². The van der Waals surface area contributed by atoms with E-state index >= 15 is 0 Å². The molecule has 0 radical (unpaired) electrons. The van der Waals surface area contributed by atoms with Crippen LogP contribution in [-0.2, 0) is 13.0 Å². The maximum atomic E-state index is 13.6. The Hall–Kier alpha value is -1.84. The van der Waals surface area contributed by atoms with E-state index in [1.807, 2.05) is 18.2 Å². The van der Waals surface area contributed by atoms with E-state index in [0.29, 0.717) is 13.1 Å². The summed E-state index contributed by atoms with van der Waals surface area (Å²) in [6.07, 6.45) is 2.94. The van der Waals surface area contributed by atoms with E-state index in [2.05, 4.69) is 22.9 Å². The van der Waals surface area contributed by atoms with Crippen molar-refractivity contribution in [2.45, 2.75) is 13.0 Å². The van der Waals surface area contributed by atoms with Gasteiger partial charge in [0, 0.05) is 23.6 Å². The first-order valence-electron chi connectivity index (χ1n) is 6.90. The minimum absolute atomic E-state index is 0.153. The summed E-state index contributed by atoms with van der Waals surface area (Å²) < 4.78 is 15.7. The molecule has 2 nitrogen and oxygen atoms in total. The van der Waals surface area contributed by atoms with Crippen molar-refractivity contribution in [3.05, 3.63) is 70.6 Å². The largest absolute Gasteiger partial charge is 0.343 e. The predicted molar refractivity (Wildman–Crippen MR) is 85.2 cm³/mol. The van der Waals surface area contributed by atoms with Gasteiger partial charge in [-0.25, -0.2) is 4.39 Å². The topological polar surface area (TPSA) is 30.9 Å². The maximum absolute atomic E-state index is 13.6. The average Bonchev–Trinajstić information content (AvgIpc) is 2.82. The van der Waals surface area contributed by atoms with Gasteiger partial charge in [-0.2, -0.15) is 0 Å². The van der Waals surface area contributed by atoms with E-state index in [0.717, 1.165) is 17.5 Å². The van der Waals surface area contributed by atoms with Crippen LogP contribution in [0.1, 0.15) is 11.1 Å². The minimum Gasteiger partial charge on any atom is -0.343 e. The molecule has 0 aliphatic rings. The molecule has 108 valence electrons. The van der Waals surface area contributed by atoms with Crippen molar-refractivity contribution >= 4 is 22.5 Å². The van der Waals surface area contributed by atoms with E-state index in [-0.39, 0.29) is 10.8 Å². The standard InChI is InChI=1S/C17H16ClFN2/c18-15-6-5-12(9-16(15)19)10-21-11-13(7-8-20)14-3-1-2-4-17(14)21/h1-6,9,11H,7-8,10,20H2. The van der Waals surface area contributed by atoms with Gasteiger partial charge in [0.15, 0.2) is 0 Å². The summed E-state index contributed by atoms with van der Waals surface area (Å²) in [5.41, 5.74) is 8.92. The average molecular weight is 303 g/mol. The smallest absolute Gasteiger partial charge is 0.142 e. The number of hydrogen-bond acceptors (Lipinski definition) is 1. The fourth-order valence-corrected chi connectivity index (χ4v) is 2.76. The molecule has 0 fully saturated rings. The number of aromatic nitrogens is 1. The molecule has 0 aliphatic heterocycles. The molecule has 0 aliphatic carbocycles. The molecular formula is C17H16ClFN2. The first-order chi connectivity index (χ1) is 10.2. The predicted octanol–water partition coefficient (Wildman–Crippen LogP) is 3.98. The van der Waals surface area contributed by atoms with Crippen LogP contribution in [0.15, 0.2) is 48.7 Å². The van der Waals surface area contributed by atoms with Gasteiger partial charge in [0.05, 0.1) is 5.02 Å². The molecule has 0 spiro atoms. The lowest BCUT2D eigenvalue weighted by atomic mass is 10.1. The lowest BCUT2D eigenvalue weighted by molar-refractivity contribution is 0.624. The summed E-state index contributed by atoms with van der Waals surface area (Å²) in [4.78, 5) is 0. The third kappa shape index (κ3) is 2.80. The number of fused-ring (bicyclic) bond motifs is 1. The number of benzene rings is 2. The fourth-order valence-electron chi connectivity index (χ4n) is 2.64. The van der Waals surface area contributed by atoms with Crippen LogP contribution in [0.5, 0.6) is 0 Å². The molecule has 0 bridgehead atoms. The van der Waals surface area contributed by atoms with Crippen molar-refractivity contribution < 1.29 is 4.39 Å². The lowest BCUT2D eigenvalue weighted by Gasteiger charge is -2.06. The second-order valence-electron chi connectivity index (χ2n) is 5.09. The molecule has 4 heteroatoms. The first-order valence-corrected chi connectivity index (χ1v) is 7.27. The zero-order chi connectivity index (χ0) is 14.8. The number of nitrogens with two attached hydrogens (primary N) is 1. The van der Waals surface area contributed by atoms with Crippen LogP contribution in [0, 0.1) is 5.82 Å². The molecule has 0 saturated carbocycles. The number of para-hydroxylation sites is 1. The molecule has 21 heavy (non-hydrogen) atoms. The van der Waals surface area contributed by atoms with E-state index < -0.39 is 0 Å². The van der Waals surface area contributed by atoms with Crippen molar-refractivity contribution in [3.63, 3.8) is 0 Å². The summed E-state index contributed by atoms with van der Waals surface area (Å²) in [6, 6.07) is 13.1. The summed E-state index contributed by atoms with van der Waals surface area (Å²) in [5, 5.41) is 1.36. The molecule has 3 aromatic rings. The molecule has 0 saturated heterocycles. The van der Waals surface area contributed by atoms with E-state index in [1.54, 1.807) is 6.07 Å². The zero-order valence-electron chi connectivity index (χ0n) is 11.5. The van der Waals surface area contributed by atoms with Gasteiger partial charge < -0.3 is 10.3 Å². The summed E-state index contributed by atoms with van der Waals surface area (Å²) in [7, 11) is 0. The number of hydrogen-bond donors (Lipinski definition) is 1. The fraction of sp³-hybridized carbons (Fsp3) is 0.176. The summed E-state index contributed by atoms with van der Waals surface area (Å²) in [6.45, 7) is 1.22. The van der Waals surface area contributed by atoms with Crippen LogP contribution in [0.4, 0.5) is 4.39 Å². The molecule has 3 rings (SSSR count). The van der Waals surface area contributed by atoms with Crippen LogP contribution < -0.4 is 5.73 Å². The highest BCUT2D eigenvalue weighted by molar-refractivity contribution is 6.30. The first kappa shape index (κ1) is 14.1. The Morgan fingerprint density at radius 2 is 1.95 bits per heavy atom. The molecule has 1 aromatic heterocycles. The highest BCUT2D eigenvalue weighted by Crippen LogP contribution is 2.23. The quantitative estimate of drug-likeness (QED) is 0.776. The summed E-state index contributed by atoms with van der Waals surface area (Å²) in [5.74, 6) is -0.382. The van der Waals surface area contributed by atoms with E-state index in [1.165, 1.54) is 17.0 Å². The Kier molecular flexibility index (Phi) is 3.95. The lowest BCUT2D eigenvalue weighted by Crippen LogP contribution is -2.02. The Morgan fingerprint density at radius 1 is 1.14 bits per heavy atom. The second kappa shape index (κ2) is 5.88. The van der Waals surface area contributed by atoms with Crippen molar-refractivity contribution in [1.82, 2.24) is 4.57 Å². The van der Waals surface area contributed by atoms with Gasteiger partial charge in [-0.3, -0.25) is 0 Å². The van der Waals surface area contributed by atoms with Gasteiger partial charge in [-0.05, 0) is 42.3 Å². The van der Waals surface area contributed by atoms with Gasteiger partial charge in [0.1, 0.15) is 5.82 Å². The van der Waals surface area contributed by atoms with Gasteiger partial charge in [0.25, 0.3) is 0 Å². The molecule has 0 unspecified atom stereocenters. The minimum atomic E-state index is -0.382. The van der Waals surface area contributed by atoms with Crippen LogP contribution in [0.2, 0.25) is 5.02 Å². The Bertz CT molecular complexity index is 780. The highest BCUT2D eigenvalue weighted by atomic mass is 35.5. The van der Waals surface area contributed by atoms with E-state index in [4.69, 9.17) is 17.3 Å². The van der Waals surface area contributed by atoms with E-state index in [9.17, 15) is 4.39 Å². The third-order valence-corrected chi connectivity index (χ3v) is 3.93. The van der Waals surface area contributed by atoms with Crippen molar-refractivity contribution in [2.24, 2.45) is 5.73 Å². The normalized spacial score (nSPS) is 11.2. The van der Waals surface area contributed by atoms with Crippen LogP contribution in [0.3, 0.4) is 0 Å². The van der Waals surface area contributed by atoms with Crippen molar-refractivity contribution in [2.75, 3.05) is 6.54 Å². The van der Waals surface area contributed by atoms with Crippen LogP contribution >= 0.6 is 11.6 Å². The summed E-state index contributed by atoms with van der Waals surface area (Å²) >= 11 is 5.73. The van der Waals surface area contributed by atoms with Gasteiger partial charge in [-0.1, -0.05) is 35.9 Å². The van der Waals surface area contributed by atoms with Crippen LogP contribution in [-0.4, -0.2) is 11.1 Å². The number of halogens is 2. The van der Waals surface area contributed by atoms with Gasteiger partial charge in [-0.15, -0.1) is 0 Å². The monoisotopic (exact) mass is 302 g/mol. The Balaban J connectivity index is 2.01. The highest BCUT2D eigenvalue weighted by Gasteiger charge is 2.09. The Labute approximate surface area is 127 Å². The second-order valence-corrected chi connectivity index (χ2v) is 5.49. The molecule has 2 N–H and O–H groups in total. The number of rotatable bonds is 4. The maximum Gasteiger partial charge on any atom is 0.142 e. The molecule has 0 amide bonds. The Morgan fingerprint density at radius 3 is 2.71 bits per heavy atom. The molecule has 1 heterocycles. The van der Waals surface area contributed by atoms with Crippen molar-refractivity contribution in [1.29, 1.82) is 0 Å². The number of nitrogens with zero attached hydrogens (tertiary/aromatic N) is 1. The molecular weight excluding hydrogens is 287 g/mol. The zero-order valence-corrected chi connectivity index (χ0v) is 12.3. The molecule has 2 aromatic carbocycles. The SMILES string of the molecule is NCCc1cn(Cc2ccc(Cl)c(F)c2)c2ccccc12. The van der Waals surface area contributed by atoms with Gasteiger partial charge >= 0.3 is 0 Å². The van der Waals surface area contributed by atoms with Crippen molar-refractivity contribution in [3.8, 4) is 0 Å². The van der Waals surface area contributed by atoms with Gasteiger partial charge in [0.2, 0.25) is 0 Å².